The molecule has 2 aliphatic heterocycles. The van der Waals surface area contributed by atoms with Gasteiger partial charge in [0.05, 0.1) is 30.5 Å². The van der Waals surface area contributed by atoms with Crippen LogP contribution in [-0.2, 0) is 18.9 Å². The lowest BCUT2D eigenvalue weighted by molar-refractivity contribution is 0.0469. The van der Waals surface area contributed by atoms with Gasteiger partial charge in [-0.1, -0.05) is 24.3 Å². The second-order valence-electron chi connectivity index (χ2n) is 10.1. The molecule has 2 unspecified atom stereocenters. The van der Waals surface area contributed by atoms with E-state index < -0.39 is 0 Å². The third-order valence-electron chi connectivity index (χ3n) is 6.87. The van der Waals surface area contributed by atoms with Crippen molar-refractivity contribution in [3.8, 4) is 23.1 Å². The number of carbonyl (C=O) groups is 2. The zero-order valence-electron chi connectivity index (χ0n) is 22.4. The molecule has 0 aliphatic carbocycles. The van der Waals surface area contributed by atoms with E-state index >= 15 is 0 Å². The van der Waals surface area contributed by atoms with Crippen molar-refractivity contribution in [2.24, 2.45) is 0 Å². The van der Waals surface area contributed by atoms with Gasteiger partial charge in [0.2, 0.25) is 5.88 Å². The standard InChI is InChI=1S/C33H25NO8/c35-32(39-18-29-16-37-29)24-3-1-22-13-26(7-5-20(22)11-24)41-28-9-10-31(34-15-28)42-27-8-6-21-12-25(4-2-23(21)14-27)33(36)40-19-30-17-38-30/h1-15,29-30H,16-19H2. The predicted molar refractivity (Wildman–Crippen MR) is 152 cm³/mol. The Morgan fingerprint density at radius 2 is 1.10 bits per heavy atom. The van der Waals surface area contributed by atoms with Gasteiger partial charge in [0, 0.05) is 6.07 Å². The Kier molecular flexibility index (Phi) is 6.87. The number of ether oxygens (including phenoxy) is 6. The maximum Gasteiger partial charge on any atom is 0.338 e. The quantitative estimate of drug-likeness (QED) is 0.147. The molecular formula is C33H25NO8. The molecule has 0 radical (unpaired) electrons. The van der Waals surface area contributed by atoms with Crippen LogP contribution in [-0.4, -0.2) is 55.6 Å². The van der Waals surface area contributed by atoms with E-state index in [2.05, 4.69) is 4.98 Å². The number of fused-ring (bicyclic) bond motifs is 2. The van der Waals surface area contributed by atoms with Gasteiger partial charge in [-0.05, 0) is 76.1 Å². The summed E-state index contributed by atoms with van der Waals surface area (Å²) in [6.45, 7) is 1.84. The number of esters is 2. The molecule has 1 aromatic heterocycles. The highest BCUT2D eigenvalue weighted by Gasteiger charge is 2.25. The summed E-state index contributed by atoms with van der Waals surface area (Å²) in [5, 5.41) is 3.64. The molecule has 2 saturated heterocycles. The van der Waals surface area contributed by atoms with Crippen LogP contribution < -0.4 is 9.47 Å². The molecule has 5 aromatic rings. The van der Waals surface area contributed by atoms with E-state index in [9.17, 15) is 9.59 Å². The minimum atomic E-state index is -0.366. The van der Waals surface area contributed by atoms with Crippen molar-refractivity contribution < 1.29 is 38.0 Å². The van der Waals surface area contributed by atoms with Crippen LogP contribution in [0.2, 0.25) is 0 Å². The zero-order chi connectivity index (χ0) is 28.5. The number of aromatic nitrogens is 1. The number of pyridine rings is 1. The summed E-state index contributed by atoms with van der Waals surface area (Å²) in [7, 11) is 0. The van der Waals surface area contributed by atoms with Gasteiger partial charge in [0.25, 0.3) is 0 Å². The molecule has 210 valence electrons. The van der Waals surface area contributed by atoms with E-state index in [-0.39, 0.29) is 37.4 Å². The maximum absolute atomic E-state index is 12.3. The molecule has 9 nitrogen and oxygen atoms in total. The van der Waals surface area contributed by atoms with Crippen molar-refractivity contribution in [2.75, 3.05) is 26.4 Å². The Labute approximate surface area is 240 Å². The van der Waals surface area contributed by atoms with Crippen molar-refractivity contribution in [2.45, 2.75) is 12.2 Å². The molecule has 3 heterocycles. The Hall–Kier alpha value is -4.99. The first-order valence-corrected chi connectivity index (χ1v) is 13.5. The SMILES string of the molecule is O=C(OCC1CO1)c1ccc2cc(Oc3ccc(Oc4ccc5cc(C(=O)OCC6CO6)ccc5c4)nc3)ccc2c1. The molecule has 2 atom stereocenters. The van der Waals surface area contributed by atoms with Crippen molar-refractivity contribution >= 4 is 33.5 Å². The topological polar surface area (TPSA) is 109 Å². The van der Waals surface area contributed by atoms with Gasteiger partial charge in [-0.15, -0.1) is 0 Å². The minimum absolute atomic E-state index is 0.0312. The van der Waals surface area contributed by atoms with Gasteiger partial charge in [-0.3, -0.25) is 0 Å². The van der Waals surface area contributed by atoms with Gasteiger partial charge in [-0.2, -0.15) is 0 Å². The first-order valence-electron chi connectivity index (χ1n) is 13.5. The molecular weight excluding hydrogens is 538 g/mol. The van der Waals surface area contributed by atoms with Crippen LogP contribution >= 0.6 is 0 Å². The maximum atomic E-state index is 12.3. The van der Waals surface area contributed by atoms with Gasteiger partial charge >= 0.3 is 11.9 Å². The highest BCUT2D eigenvalue weighted by Crippen LogP contribution is 2.29. The molecule has 0 amide bonds. The third-order valence-corrected chi connectivity index (χ3v) is 6.87. The van der Waals surface area contributed by atoms with E-state index in [1.54, 1.807) is 42.6 Å². The summed E-state index contributed by atoms with van der Waals surface area (Å²) in [5.74, 6) is 1.48. The summed E-state index contributed by atoms with van der Waals surface area (Å²) < 4.78 is 32.6. The summed E-state index contributed by atoms with van der Waals surface area (Å²) in [6, 6.07) is 25.5. The number of carbonyl (C=O) groups excluding carboxylic acids is 2. The van der Waals surface area contributed by atoms with Crippen molar-refractivity contribution in [1.29, 1.82) is 0 Å². The number of nitrogens with zero attached hydrogens (tertiary/aromatic N) is 1. The number of benzene rings is 4. The van der Waals surface area contributed by atoms with E-state index in [0.29, 0.717) is 47.5 Å². The Morgan fingerprint density at radius 3 is 1.60 bits per heavy atom. The van der Waals surface area contributed by atoms with Crippen LogP contribution in [0.5, 0.6) is 23.1 Å². The van der Waals surface area contributed by atoms with Crippen LogP contribution in [0.15, 0.2) is 91.1 Å². The normalized spacial score (nSPS) is 17.0. The van der Waals surface area contributed by atoms with Gasteiger partial charge in [0.15, 0.2) is 0 Å². The molecule has 0 saturated carbocycles. The Bertz CT molecular complexity index is 1660. The van der Waals surface area contributed by atoms with E-state index in [1.807, 2.05) is 48.5 Å². The fourth-order valence-corrected chi connectivity index (χ4v) is 4.41. The smallest absolute Gasteiger partial charge is 0.338 e. The minimum Gasteiger partial charge on any atom is -0.459 e. The number of hydrogen-bond donors (Lipinski definition) is 0. The van der Waals surface area contributed by atoms with Crippen LogP contribution in [0.25, 0.3) is 21.5 Å². The average Bonchev–Trinajstić information content (AvgIpc) is 3.95. The molecule has 0 spiro atoms. The number of rotatable bonds is 10. The second kappa shape index (κ2) is 11.1. The Balaban J connectivity index is 0.975. The molecule has 4 aromatic carbocycles. The van der Waals surface area contributed by atoms with Crippen LogP contribution in [0.1, 0.15) is 20.7 Å². The van der Waals surface area contributed by atoms with Gasteiger partial charge in [0.1, 0.15) is 42.7 Å². The average molecular weight is 564 g/mol. The molecule has 2 aliphatic rings. The second-order valence-corrected chi connectivity index (χ2v) is 10.1. The lowest BCUT2D eigenvalue weighted by Crippen LogP contribution is -2.09. The molecule has 7 rings (SSSR count). The van der Waals surface area contributed by atoms with E-state index in [0.717, 1.165) is 21.5 Å². The fourth-order valence-electron chi connectivity index (χ4n) is 4.41. The monoisotopic (exact) mass is 563 g/mol. The van der Waals surface area contributed by atoms with Crippen LogP contribution in [0.4, 0.5) is 0 Å². The lowest BCUT2D eigenvalue weighted by atomic mass is 10.1. The molecule has 42 heavy (non-hydrogen) atoms. The third kappa shape index (κ3) is 6.17. The fraction of sp³-hybridized carbons (Fsp3) is 0.182. The van der Waals surface area contributed by atoms with Crippen molar-refractivity contribution in [1.82, 2.24) is 4.98 Å². The number of epoxide rings is 2. The summed E-state index contributed by atoms with van der Waals surface area (Å²) in [5.41, 5.74) is 0.984. The summed E-state index contributed by atoms with van der Waals surface area (Å²) in [4.78, 5) is 28.9. The zero-order valence-corrected chi connectivity index (χ0v) is 22.4. The highest BCUT2D eigenvalue weighted by molar-refractivity contribution is 5.96. The molecule has 0 bridgehead atoms. The molecule has 9 heteroatoms. The Morgan fingerprint density at radius 1 is 0.619 bits per heavy atom. The molecule has 2 fully saturated rings. The highest BCUT2D eigenvalue weighted by atomic mass is 16.6. The van der Waals surface area contributed by atoms with Crippen LogP contribution in [0, 0.1) is 0 Å². The van der Waals surface area contributed by atoms with Crippen molar-refractivity contribution in [3.63, 3.8) is 0 Å². The first-order chi connectivity index (χ1) is 20.6. The van der Waals surface area contributed by atoms with E-state index in [1.165, 1.54) is 0 Å². The van der Waals surface area contributed by atoms with Gasteiger partial charge < -0.3 is 28.4 Å². The lowest BCUT2D eigenvalue weighted by Gasteiger charge is -2.10. The predicted octanol–water partition coefficient (Wildman–Crippen LogP) is 6.08. The largest absolute Gasteiger partial charge is 0.459 e. The van der Waals surface area contributed by atoms with Crippen molar-refractivity contribution in [3.05, 3.63) is 102 Å². The summed E-state index contributed by atoms with van der Waals surface area (Å²) in [6.07, 6.45) is 1.65. The van der Waals surface area contributed by atoms with Gasteiger partial charge in [-0.25, -0.2) is 14.6 Å². The summed E-state index contributed by atoms with van der Waals surface area (Å²) >= 11 is 0. The molecule has 0 N–H and O–H groups in total. The van der Waals surface area contributed by atoms with Crippen LogP contribution in [0.3, 0.4) is 0 Å². The van der Waals surface area contributed by atoms with E-state index in [4.69, 9.17) is 28.4 Å². The number of hydrogen-bond acceptors (Lipinski definition) is 9. The first kappa shape index (κ1) is 25.9.